The molecule has 0 N–H and O–H groups in total. The van der Waals surface area contributed by atoms with Gasteiger partial charge in [-0.1, -0.05) is 37.5 Å². The summed E-state index contributed by atoms with van der Waals surface area (Å²) in [5.74, 6) is 2.03. The second kappa shape index (κ2) is 6.76. The van der Waals surface area contributed by atoms with Crippen molar-refractivity contribution in [1.29, 1.82) is 0 Å². The molecule has 18 heavy (non-hydrogen) atoms. The number of ketones is 1. The smallest absolute Gasteiger partial charge is 0.149 e. The van der Waals surface area contributed by atoms with Crippen LogP contribution in [0, 0.1) is 19.3 Å². The highest BCUT2D eigenvalue weighted by molar-refractivity contribution is 5.88. The Morgan fingerprint density at radius 1 is 1.56 bits per heavy atom. The van der Waals surface area contributed by atoms with Crippen molar-refractivity contribution in [3.63, 3.8) is 0 Å². The Bertz CT molecular complexity index is 494. The van der Waals surface area contributed by atoms with E-state index >= 15 is 0 Å². The fraction of sp³-hybridized carbons (Fsp3) is 0.375. The van der Waals surface area contributed by atoms with Gasteiger partial charge >= 0.3 is 0 Å². The number of unbranched alkanes of at least 4 members (excludes halogenated alkanes) is 1. The summed E-state index contributed by atoms with van der Waals surface area (Å²) in [6.07, 6.45) is 9.32. The second-order valence-electron chi connectivity index (χ2n) is 4.32. The first-order valence-electron chi connectivity index (χ1n) is 6.20. The number of carbonyl (C=O) groups excluding carboxylic acids is 1. The van der Waals surface area contributed by atoms with Crippen LogP contribution in [0.25, 0.3) is 0 Å². The lowest BCUT2D eigenvalue weighted by molar-refractivity contribution is -0.117. The molecule has 1 unspecified atom stereocenters. The van der Waals surface area contributed by atoms with Crippen LogP contribution >= 0.6 is 0 Å². The molecule has 0 spiro atoms. The summed E-state index contributed by atoms with van der Waals surface area (Å²) in [5, 5.41) is 0. The van der Waals surface area contributed by atoms with Crippen LogP contribution in [0.5, 0.6) is 0 Å². The summed E-state index contributed by atoms with van der Waals surface area (Å²) in [6, 6.07) is 5.78. The van der Waals surface area contributed by atoms with Crippen molar-refractivity contribution >= 4 is 17.7 Å². The molecule has 0 bridgehead atoms. The van der Waals surface area contributed by atoms with Crippen molar-refractivity contribution in [3.8, 4) is 12.3 Å². The van der Waals surface area contributed by atoms with Crippen molar-refractivity contribution in [2.45, 2.75) is 39.5 Å². The average Bonchev–Trinajstić information content (AvgIpc) is 2.33. The maximum atomic E-state index is 11.6. The van der Waals surface area contributed by atoms with Crippen LogP contribution in [0.15, 0.2) is 23.2 Å². The fourth-order valence-corrected chi connectivity index (χ4v) is 1.80. The molecule has 0 aliphatic rings. The first-order valence-corrected chi connectivity index (χ1v) is 6.20. The zero-order chi connectivity index (χ0) is 13.5. The van der Waals surface area contributed by atoms with E-state index in [1.165, 1.54) is 6.92 Å². The number of para-hydroxylation sites is 1. The van der Waals surface area contributed by atoms with Crippen LogP contribution in [0.4, 0.5) is 5.69 Å². The summed E-state index contributed by atoms with van der Waals surface area (Å²) in [7, 11) is 0. The molecule has 94 valence electrons. The summed E-state index contributed by atoms with van der Waals surface area (Å²) in [5.41, 5.74) is 2.71. The van der Waals surface area contributed by atoms with E-state index in [9.17, 15) is 4.79 Å². The first kappa shape index (κ1) is 14.2. The van der Waals surface area contributed by atoms with E-state index in [2.05, 4.69) is 17.8 Å². The molecule has 0 saturated carbocycles. The van der Waals surface area contributed by atoms with Crippen molar-refractivity contribution in [2.24, 2.45) is 4.99 Å². The number of benzene rings is 1. The standard InChI is InChI=1S/C16H19NO/c1-5-7-11-17-16-12(3)9-8-10-15(16)14(6-2)13(4)18/h2,8-11,14H,5,7H2,1,3-4H3. The molecule has 1 aromatic carbocycles. The molecule has 0 heterocycles. The van der Waals surface area contributed by atoms with E-state index in [1.54, 1.807) is 0 Å². The van der Waals surface area contributed by atoms with E-state index in [0.717, 1.165) is 29.7 Å². The van der Waals surface area contributed by atoms with Gasteiger partial charge in [0, 0.05) is 11.8 Å². The van der Waals surface area contributed by atoms with Gasteiger partial charge in [0.15, 0.2) is 0 Å². The molecule has 0 aromatic heterocycles. The third-order valence-electron chi connectivity index (χ3n) is 2.79. The fourth-order valence-electron chi connectivity index (χ4n) is 1.80. The first-order chi connectivity index (χ1) is 8.61. The highest BCUT2D eigenvalue weighted by Crippen LogP contribution is 2.30. The van der Waals surface area contributed by atoms with Crippen molar-refractivity contribution in [1.82, 2.24) is 0 Å². The van der Waals surface area contributed by atoms with Crippen LogP contribution in [0.1, 0.15) is 43.7 Å². The van der Waals surface area contributed by atoms with Crippen LogP contribution in [0.3, 0.4) is 0 Å². The molecule has 2 heteroatoms. The third kappa shape index (κ3) is 3.30. The summed E-state index contributed by atoms with van der Waals surface area (Å²) >= 11 is 0. The Morgan fingerprint density at radius 3 is 2.83 bits per heavy atom. The van der Waals surface area contributed by atoms with E-state index in [4.69, 9.17) is 6.42 Å². The quantitative estimate of drug-likeness (QED) is 0.569. The predicted octanol–water partition coefficient (Wildman–Crippen LogP) is 3.80. The third-order valence-corrected chi connectivity index (χ3v) is 2.79. The number of aryl methyl sites for hydroxylation is 1. The van der Waals surface area contributed by atoms with Crippen LogP contribution in [-0.4, -0.2) is 12.0 Å². The number of hydrogen-bond acceptors (Lipinski definition) is 2. The Kier molecular flexibility index (Phi) is 5.32. The highest BCUT2D eigenvalue weighted by atomic mass is 16.1. The lowest BCUT2D eigenvalue weighted by Gasteiger charge is -2.12. The average molecular weight is 241 g/mol. The Balaban J connectivity index is 3.23. The van der Waals surface area contributed by atoms with Crippen molar-refractivity contribution in [2.75, 3.05) is 0 Å². The summed E-state index contributed by atoms with van der Waals surface area (Å²) in [4.78, 5) is 16.0. The monoisotopic (exact) mass is 241 g/mol. The lowest BCUT2D eigenvalue weighted by atomic mass is 9.93. The van der Waals surface area contributed by atoms with Gasteiger partial charge < -0.3 is 0 Å². The van der Waals surface area contributed by atoms with Crippen LogP contribution in [-0.2, 0) is 4.79 Å². The SMILES string of the molecule is C#CC(C(C)=O)c1cccc(C)c1N=CCCC. The van der Waals surface area contributed by atoms with E-state index in [0.29, 0.717) is 0 Å². The van der Waals surface area contributed by atoms with Gasteiger partial charge in [0.25, 0.3) is 0 Å². The van der Waals surface area contributed by atoms with Crippen molar-refractivity contribution < 1.29 is 4.79 Å². The topological polar surface area (TPSA) is 29.4 Å². The van der Waals surface area contributed by atoms with Gasteiger partial charge in [-0.25, -0.2) is 0 Å². The van der Waals surface area contributed by atoms with Gasteiger partial charge in [-0.15, -0.1) is 6.42 Å². The van der Waals surface area contributed by atoms with Gasteiger partial charge in [0.1, 0.15) is 11.7 Å². The number of nitrogens with zero attached hydrogens (tertiary/aromatic N) is 1. The second-order valence-corrected chi connectivity index (χ2v) is 4.32. The van der Waals surface area contributed by atoms with Gasteiger partial charge in [-0.2, -0.15) is 0 Å². The summed E-state index contributed by atoms with van der Waals surface area (Å²) in [6.45, 7) is 5.60. The van der Waals surface area contributed by atoms with E-state index in [-0.39, 0.29) is 5.78 Å². The Labute approximate surface area is 109 Å². The number of aliphatic imine (C=N–C) groups is 1. The molecule has 1 atom stereocenters. The molecular weight excluding hydrogens is 222 g/mol. The predicted molar refractivity (Wildman–Crippen MR) is 76.5 cm³/mol. The minimum Gasteiger partial charge on any atom is -0.298 e. The maximum Gasteiger partial charge on any atom is 0.149 e. The highest BCUT2D eigenvalue weighted by Gasteiger charge is 2.18. The Morgan fingerprint density at radius 2 is 2.28 bits per heavy atom. The molecule has 1 aromatic rings. The van der Waals surface area contributed by atoms with Gasteiger partial charge in [0.2, 0.25) is 0 Å². The van der Waals surface area contributed by atoms with Crippen LogP contribution in [0.2, 0.25) is 0 Å². The normalized spacial score (nSPS) is 12.3. The number of carbonyl (C=O) groups is 1. The Hall–Kier alpha value is -1.88. The molecule has 0 saturated heterocycles. The van der Waals surface area contributed by atoms with Gasteiger partial charge in [-0.3, -0.25) is 9.79 Å². The molecular formula is C16H19NO. The zero-order valence-electron chi connectivity index (χ0n) is 11.2. The molecule has 1 rings (SSSR count). The van der Waals surface area contributed by atoms with E-state index in [1.807, 2.05) is 31.3 Å². The van der Waals surface area contributed by atoms with Crippen LogP contribution < -0.4 is 0 Å². The number of rotatable bonds is 5. The number of terminal acetylenes is 1. The maximum absolute atomic E-state index is 11.6. The molecule has 0 aliphatic carbocycles. The lowest BCUT2D eigenvalue weighted by Crippen LogP contribution is -2.07. The summed E-state index contributed by atoms with van der Waals surface area (Å²) < 4.78 is 0. The number of hydrogen-bond donors (Lipinski definition) is 0. The van der Waals surface area contributed by atoms with E-state index < -0.39 is 5.92 Å². The minimum absolute atomic E-state index is 0.0185. The van der Waals surface area contributed by atoms with Gasteiger partial charge in [0.05, 0.1) is 5.69 Å². The molecule has 0 fully saturated rings. The molecule has 0 radical (unpaired) electrons. The minimum atomic E-state index is -0.501. The van der Waals surface area contributed by atoms with Gasteiger partial charge in [-0.05, 0) is 25.8 Å². The molecule has 2 nitrogen and oxygen atoms in total. The largest absolute Gasteiger partial charge is 0.298 e. The molecule has 0 amide bonds. The van der Waals surface area contributed by atoms with Crippen molar-refractivity contribution in [3.05, 3.63) is 29.3 Å². The number of Topliss-reactive ketones (excluding diaryl/α,β-unsaturated/α-hetero) is 1. The molecule has 0 aliphatic heterocycles. The zero-order valence-corrected chi connectivity index (χ0v) is 11.2.